The Morgan fingerprint density at radius 3 is 2.69 bits per heavy atom. The lowest BCUT2D eigenvalue weighted by atomic mass is 10.1. The molecule has 1 aliphatic heterocycles. The van der Waals surface area contributed by atoms with Crippen molar-refractivity contribution < 1.29 is 9.53 Å². The third kappa shape index (κ3) is 4.49. The molecular weight excluding hydrogens is 204 g/mol. The van der Waals surface area contributed by atoms with Gasteiger partial charge in [0.05, 0.1) is 5.60 Å². The second-order valence-electron chi connectivity index (χ2n) is 5.46. The molecule has 0 aliphatic carbocycles. The van der Waals surface area contributed by atoms with Crippen molar-refractivity contribution in [3.63, 3.8) is 0 Å². The number of hydrogen-bond donors (Lipinski definition) is 1. The van der Waals surface area contributed by atoms with E-state index >= 15 is 0 Å². The Morgan fingerprint density at radius 1 is 1.50 bits per heavy atom. The van der Waals surface area contributed by atoms with Gasteiger partial charge < -0.3 is 15.4 Å². The average molecular weight is 228 g/mol. The van der Waals surface area contributed by atoms with Gasteiger partial charge in [0.2, 0.25) is 5.91 Å². The lowest BCUT2D eigenvalue weighted by Crippen LogP contribution is -2.29. The van der Waals surface area contributed by atoms with Crippen molar-refractivity contribution in [3.05, 3.63) is 0 Å². The molecule has 0 bridgehead atoms. The maximum absolute atomic E-state index is 11.6. The fourth-order valence-electron chi connectivity index (χ4n) is 1.86. The quantitative estimate of drug-likeness (QED) is 0.714. The summed E-state index contributed by atoms with van der Waals surface area (Å²) < 4.78 is 5.61. The minimum Gasteiger partial charge on any atom is -0.376 e. The Bertz CT molecular complexity index is 236. The Hall–Kier alpha value is -0.610. The van der Waals surface area contributed by atoms with Crippen molar-refractivity contribution >= 4 is 5.91 Å². The SMILES string of the molecule is CC(C)(C)OCCCN1CC(CN)CC1=O. The molecule has 16 heavy (non-hydrogen) atoms. The first-order chi connectivity index (χ1) is 7.42. The van der Waals surface area contributed by atoms with Crippen LogP contribution in [0.15, 0.2) is 0 Å². The number of amides is 1. The van der Waals surface area contributed by atoms with Crippen molar-refractivity contribution in [1.82, 2.24) is 4.90 Å². The summed E-state index contributed by atoms with van der Waals surface area (Å²) in [5.74, 6) is 0.599. The van der Waals surface area contributed by atoms with Crippen molar-refractivity contribution in [2.75, 3.05) is 26.2 Å². The normalized spacial score (nSPS) is 21.9. The second kappa shape index (κ2) is 5.64. The number of hydrogen-bond acceptors (Lipinski definition) is 3. The van der Waals surface area contributed by atoms with Gasteiger partial charge in [0.15, 0.2) is 0 Å². The van der Waals surface area contributed by atoms with E-state index in [0.717, 1.165) is 19.5 Å². The zero-order valence-electron chi connectivity index (χ0n) is 10.7. The van der Waals surface area contributed by atoms with E-state index in [0.29, 0.717) is 25.5 Å². The molecule has 0 aromatic heterocycles. The molecule has 2 N–H and O–H groups in total. The zero-order chi connectivity index (χ0) is 12.2. The molecule has 1 atom stereocenters. The van der Waals surface area contributed by atoms with Crippen LogP contribution in [-0.4, -0.2) is 42.6 Å². The highest BCUT2D eigenvalue weighted by Gasteiger charge is 2.27. The molecule has 1 aliphatic rings. The van der Waals surface area contributed by atoms with E-state index < -0.39 is 0 Å². The van der Waals surface area contributed by atoms with Crippen LogP contribution in [0.5, 0.6) is 0 Å². The predicted molar refractivity (Wildman–Crippen MR) is 64.1 cm³/mol. The number of ether oxygens (including phenoxy) is 1. The highest BCUT2D eigenvalue weighted by molar-refractivity contribution is 5.78. The predicted octanol–water partition coefficient (Wildman–Crippen LogP) is 0.999. The summed E-state index contributed by atoms with van der Waals surface area (Å²) >= 11 is 0. The molecule has 1 amide bonds. The minimum atomic E-state index is -0.0885. The molecule has 1 unspecified atom stereocenters. The number of likely N-dealkylation sites (tertiary alicyclic amines) is 1. The van der Waals surface area contributed by atoms with E-state index in [4.69, 9.17) is 10.5 Å². The molecule has 0 radical (unpaired) electrons. The first-order valence-electron chi connectivity index (χ1n) is 6.04. The van der Waals surface area contributed by atoms with Gasteiger partial charge in [0.1, 0.15) is 0 Å². The lowest BCUT2D eigenvalue weighted by Gasteiger charge is -2.21. The van der Waals surface area contributed by atoms with Crippen LogP contribution in [0.2, 0.25) is 0 Å². The van der Waals surface area contributed by atoms with Crippen LogP contribution in [0, 0.1) is 5.92 Å². The van der Waals surface area contributed by atoms with Gasteiger partial charge in [-0.2, -0.15) is 0 Å². The minimum absolute atomic E-state index is 0.0885. The topological polar surface area (TPSA) is 55.6 Å². The highest BCUT2D eigenvalue weighted by Crippen LogP contribution is 2.16. The van der Waals surface area contributed by atoms with Gasteiger partial charge in [-0.1, -0.05) is 0 Å². The van der Waals surface area contributed by atoms with E-state index in [-0.39, 0.29) is 11.5 Å². The van der Waals surface area contributed by atoms with Gasteiger partial charge in [-0.15, -0.1) is 0 Å². The number of nitrogens with zero attached hydrogens (tertiary/aromatic N) is 1. The maximum Gasteiger partial charge on any atom is 0.222 e. The van der Waals surface area contributed by atoms with Gasteiger partial charge in [-0.3, -0.25) is 4.79 Å². The van der Waals surface area contributed by atoms with Crippen molar-refractivity contribution in [3.8, 4) is 0 Å². The third-order valence-electron chi connectivity index (χ3n) is 2.74. The Morgan fingerprint density at radius 2 is 2.19 bits per heavy atom. The molecule has 0 saturated carbocycles. The van der Waals surface area contributed by atoms with Gasteiger partial charge in [-0.25, -0.2) is 0 Å². The molecule has 1 saturated heterocycles. The smallest absolute Gasteiger partial charge is 0.222 e. The van der Waals surface area contributed by atoms with Gasteiger partial charge in [0.25, 0.3) is 0 Å². The molecule has 94 valence electrons. The van der Waals surface area contributed by atoms with Crippen LogP contribution in [0.3, 0.4) is 0 Å². The number of carbonyl (C=O) groups excluding carboxylic acids is 1. The Labute approximate surface area is 98.1 Å². The summed E-state index contributed by atoms with van der Waals surface area (Å²) in [5.41, 5.74) is 5.48. The van der Waals surface area contributed by atoms with Crippen LogP contribution in [0.4, 0.5) is 0 Å². The van der Waals surface area contributed by atoms with Crippen LogP contribution < -0.4 is 5.73 Å². The first kappa shape index (κ1) is 13.5. The van der Waals surface area contributed by atoms with E-state index in [1.807, 2.05) is 25.7 Å². The number of nitrogens with two attached hydrogens (primary N) is 1. The van der Waals surface area contributed by atoms with E-state index in [1.54, 1.807) is 0 Å². The second-order valence-corrected chi connectivity index (χ2v) is 5.46. The molecule has 1 fully saturated rings. The molecule has 4 nitrogen and oxygen atoms in total. The number of carbonyl (C=O) groups is 1. The van der Waals surface area contributed by atoms with Gasteiger partial charge in [0, 0.05) is 26.1 Å². The molecular formula is C12H24N2O2. The maximum atomic E-state index is 11.6. The molecule has 1 rings (SSSR count). The fourth-order valence-corrected chi connectivity index (χ4v) is 1.86. The van der Waals surface area contributed by atoms with Crippen LogP contribution in [0.25, 0.3) is 0 Å². The van der Waals surface area contributed by atoms with Crippen molar-refractivity contribution in [2.45, 2.75) is 39.2 Å². The zero-order valence-corrected chi connectivity index (χ0v) is 10.7. The number of rotatable bonds is 5. The average Bonchev–Trinajstić information content (AvgIpc) is 2.53. The Balaban J connectivity index is 2.16. The summed E-state index contributed by atoms with van der Waals surface area (Å²) in [7, 11) is 0. The molecule has 0 aromatic carbocycles. The summed E-state index contributed by atoms with van der Waals surface area (Å²) in [5, 5.41) is 0. The first-order valence-corrected chi connectivity index (χ1v) is 6.04. The van der Waals surface area contributed by atoms with Crippen LogP contribution in [0.1, 0.15) is 33.6 Å². The lowest BCUT2D eigenvalue weighted by molar-refractivity contribution is -0.128. The highest BCUT2D eigenvalue weighted by atomic mass is 16.5. The third-order valence-corrected chi connectivity index (χ3v) is 2.74. The summed E-state index contributed by atoms with van der Waals surface area (Å²) in [6.45, 7) is 9.06. The summed E-state index contributed by atoms with van der Waals surface area (Å²) in [6.07, 6.45) is 1.52. The van der Waals surface area contributed by atoms with E-state index in [2.05, 4.69) is 0 Å². The summed E-state index contributed by atoms with van der Waals surface area (Å²) in [4.78, 5) is 13.5. The van der Waals surface area contributed by atoms with Crippen LogP contribution in [-0.2, 0) is 9.53 Å². The molecule has 1 heterocycles. The fraction of sp³-hybridized carbons (Fsp3) is 0.917. The van der Waals surface area contributed by atoms with Gasteiger partial charge >= 0.3 is 0 Å². The largest absolute Gasteiger partial charge is 0.376 e. The van der Waals surface area contributed by atoms with Crippen molar-refractivity contribution in [2.24, 2.45) is 11.7 Å². The van der Waals surface area contributed by atoms with E-state index in [9.17, 15) is 4.79 Å². The summed E-state index contributed by atoms with van der Waals surface area (Å²) in [6, 6.07) is 0. The molecule has 0 spiro atoms. The monoisotopic (exact) mass is 228 g/mol. The molecule has 4 heteroatoms. The van der Waals surface area contributed by atoms with Crippen LogP contribution >= 0.6 is 0 Å². The van der Waals surface area contributed by atoms with Gasteiger partial charge in [-0.05, 0) is 39.7 Å². The molecule has 0 aromatic rings. The standard InChI is InChI=1S/C12H24N2O2/c1-12(2,3)16-6-4-5-14-9-10(8-13)7-11(14)15/h10H,4-9,13H2,1-3H3. The van der Waals surface area contributed by atoms with Crippen molar-refractivity contribution in [1.29, 1.82) is 0 Å². The van der Waals surface area contributed by atoms with E-state index in [1.165, 1.54) is 0 Å². The Kier molecular flexibility index (Phi) is 4.74.